The van der Waals surface area contributed by atoms with Gasteiger partial charge in [-0.25, -0.2) is 0 Å². The van der Waals surface area contributed by atoms with Crippen LogP contribution >= 0.6 is 0 Å². The maximum atomic E-state index is 5.65. The molecule has 2 rings (SSSR count). The molecule has 0 aliphatic heterocycles. The zero-order chi connectivity index (χ0) is 13.1. The number of anilines is 1. The van der Waals surface area contributed by atoms with Crippen molar-refractivity contribution in [2.75, 3.05) is 5.73 Å². The number of nitrogens with two attached hydrogens (primary N) is 1. The number of benzene rings is 1. The van der Waals surface area contributed by atoms with E-state index in [9.17, 15) is 0 Å². The third-order valence-electron chi connectivity index (χ3n) is 2.96. The van der Waals surface area contributed by atoms with E-state index in [1.54, 1.807) is 0 Å². The molecule has 0 bridgehead atoms. The van der Waals surface area contributed by atoms with Crippen molar-refractivity contribution in [1.82, 2.24) is 4.98 Å². The Morgan fingerprint density at radius 2 is 1.89 bits per heavy atom. The Balaban J connectivity index is 2.36. The van der Waals surface area contributed by atoms with Gasteiger partial charge in [0, 0.05) is 11.5 Å². The van der Waals surface area contributed by atoms with Crippen LogP contribution in [0, 0.1) is 0 Å². The summed E-state index contributed by atoms with van der Waals surface area (Å²) in [5.41, 5.74) is 8.94. The van der Waals surface area contributed by atoms with Crippen LogP contribution in [0.1, 0.15) is 44.4 Å². The fourth-order valence-electron chi connectivity index (χ4n) is 2.07. The lowest BCUT2D eigenvalue weighted by Gasteiger charge is -2.05. The van der Waals surface area contributed by atoms with Crippen molar-refractivity contribution in [2.24, 2.45) is 0 Å². The third-order valence-corrected chi connectivity index (χ3v) is 2.96. The Kier molecular flexibility index (Phi) is 3.70. The van der Waals surface area contributed by atoms with Gasteiger partial charge in [0.25, 0.3) is 6.01 Å². The highest BCUT2D eigenvalue weighted by molar-refractivity contribution is 5.63. The summed E-state index contributed by atoms with van der Waals surface area (Å²) in [4.78, 5) is 4.29. The molecule has 0 spiro atoms. The zero-order valence-electron chi connectivity index (χ0n) is 11.2. The van der Waals surface area contributed by atoms with E-state index in [0.717, 1.165) is 29.9 Å². The van der Waals surface area contributed by atoms with E-state index in [4.69, 9.17) is 10.2 Å². The highest BCUT2D eigenvalue weighted by Crippen LogP contribution is 2.30. The summed E-state index contributed by atoms with van der Waals surface area (Å²) in [5.74, 6) is 1.14. The van der Waals surface area contributed by atoms with Crippen molar-refractivity contribution in [2.45, 2.75) is 39.5 Å². The van der Waals surface area contributed by atoms with Crippen molar-refractivity contribution in [3.8, 4) is 11.3 Å². The molecule has 0 radical (unpaired) electrons. The smallest absolute Gasteiger partial charge is 0.292 e. The van der Waals surface area contributed by atoms with E-state index < -0.39 is 0 Å². The lowest BCUT2D eigenvalue weighted by molar-refractivity contribution is 0.500. The van der Waals surface area contributed by atoms with E-state index >= 15 is 0 Å². The molecular weight excluding hydrogens is 224 g/mol. The van der Waals surface area contributed by atoms with Gasteiger partial charge in [0.05, 0.1) is 0 Å². The lowest BCUT2D eigenvalue weighted by atomic mass is 10.0. The monoisotopic (exact) mass is 244 g/mol. The number of rotatable bonds is 4. The molecule has 0 fully saturated rings. The van der Waals surface area contributed by atoms with Crippen LogP contribution in [0.5, 0.6) is 0 Å². The highest BCUT2D eigenvalue weighted by atomic mass is 16.4. The fourth-order valence-corrected chi connectivity index (χ4v) is 2.07. The van der Waals surface area contributed by atoms with Gasteiger partial charge in [-0.2, -0.15) is 4.98 Å². The maximum absolute atomic E-state index is 5.65. The van der Waals surface area contributed by atoms with Crippen LogP contribution in [0.4, 0.5) is 6.01 Å². The summed E-state index contributed by atoms with van der Waals surface area (Å²) >= 11 is 0. The Morgan fingerprint density at radius 3 is 2.44 bits per heavy atom. The second-order valence-corrected chi connectivity index (χ2v) is 4.87. The average molecular weight is 244 g/mol. The summed E-state index contributed by atoms with van der Waals surface area (Å²) in [7, 11) is 0. The van der Waals surface area contributed by atoms with Crippen LogP contribution in [0.3, 0.4) is 0 Å². The van der Waals surface area contributed by atoms with Crippen molar-refractivity contribution in [3.05, 3.63) is 35.6 Å². The van der Waals surface area contributed by atoms with Gasteiger partial charge in [-0.1, -0.05) is 51.5 Å². The summed E-state index contributed by atoms with van der Waals surface area (Å²) in [6.07, 6.45) is 2.27. The predicted molar refractivity (Wildman–Crippen MR) is 74.4 cm³/mol. The third kappa shape index (κ3) is 2.55. The van der Waals surface area contributed by atoms with E-state index in [1.165, 1.54) is 5.56 Å². The first kappa shape index (κ1) is 12.7. The van der Waals surface area contributed by atoms with Crippen LogP contribution in [0.15, 0.2) is 28.7 Å². The average Bonchev–Trinajstić information content (AvgIpc) is 2.73. The molecule has 2 N–H and O–H groups in total. The predicted octanol–water partition coefficient (Wildman–Crippen LogP) is 4.00. The van der Waals surface area contributed by atoms with Crippen molar-refractivity contribution >= 4 is 6.01 Å². The number of oxazole rings is 1. The number of hydrogen-bond donors (Lipinski definition) is 1. The normalized spacial score (nSPS) is 11.1. The molecule has 0 atom stereocenters. The minimum absolute atomic E-state index is 0.242. The van der Waals surface area contributed by atoms with Gasteiger partial charge in [0.15, 0.2) is 0 Å². The molecular formula is C15H20N2O. The Hall–Kier alpha value is -1.77. The van der Waals surface area contributed by atoms with Crippen LogP contribution in [-0.2, 0) is 6.42 Å². The van der Waals surface area contributed by atoms with Gasteiger partial charge < -0.3 is 10.2 Å². The van der Waals surface area contributed by atoms with Gasteiger partial charge in [-0.15, -0.1) is 0 Å². The maximum Gasteiger partial charge on any atom is 0.292 e. The first-order valence-corrected chi connectivity index (χ1v) is 6.47. The summed E-state index contributed by atoms with van der Waals surface area (Å²) < 4.78 is 5.47. The van der Waals surface area contributed by atoms with E-state index in [0.29, 0.717) is 0 Å². The Morgan fingerprint density at radius 1 is 1.22 bits per heavy atom. The molecule has 2 aromatic rings. The Bertz CT molecular complexity index is 512. The van der Waals surface area contributed by atoms with E-state index in [1.807, 2.05) is 0 Å². The molecule has 0 amide bonds. The molecule has 0 aliphatic rings. The molecule has 0 saturated carbocycles. The number of nitrogens with zero attached hydrogens (tertiary/aromatic N) is 1. The van der Waals surface area contributed by atoms with Crippen LogP contribution < -0.4 is 5.73 Å². The number of nitrogen functional groups attached to an aromatic ring is 1. The molecule has 1 aromatic heterocycles. The zero-order valence-corrected chi connectivity index (χ0v) is 11.2. The van der Waals surface area contributed by atoms with Crippen molar-refractivity contribution in [3.63, 3.8) is 0 Å². The first-order valence-electron chi connectivity index (χ1n) is 6.47. The minimum atomic E-state index is 0.242. The van der Waals surface area contributed by atoms with Gasteiger partial charge in [-0.05, 0) is 12.0 Å². The van der Waals surface area contributed by atoms with Gasteiger partial charge in [0.2, 0.25) is 0 Å². The van der Waals surface area contributed by atoms with Gasteiger partial charge in [0.1, 0.15) is 11.5 Å². The number of hydrogen-bond acceptors (Lipinski definition) is 3. The second kappa shape index (κ2) is 5.25. The molecule has 0 unspecified atom stereocenters. The van der Waals surface area contributed by atoms with Crippen molar-refractivity contribution < 1.29 is 4.42 Å². The van der Waals surface area contributed by atoms with Crippen LogP contribution in [-0.4, -0.2) is 4.98 Å². The molecule has 18 heavy (non-hydrogen) atoms. The molecule has 3 nitrogen and oxygen atoms in total. The van der Waals surface area contributed by atoms with E-state index in [2.05, 4.69) is 50.0 Å². The minimum Gasteiger partial charge on any atom is -0.428 e. The van der Waals surface area contributed by atoms with Crippen molar-refractivity contribution in [1.29, 1.82) is 0 Å². The molecule has 1 heterocycles. The fraction of sp³-hybridized carbons (Fsp3) is 0.400. The second-order valence-electron chi connectivity index (χ2n) is 4.87. The standard InChI is InChI=1S/C15H20N2O/c1-4-5-11-6-8-12(9-7-11)13-14(10(2)3)18-15(16)17-13/h6-10H,4-5H2,1-3H3,(H2,16,17). The molecule has 96 valence electrons. The molecule has 1 aromatic carbocycles. The van der Waals surface area contributed by atoms with Gasteiger partial charge >= 0.3 is 0 Å². The number of aromatic nitrogens is 1. The van der Waals surface area contributed by atoms with Crippen LogP contribution in [0.2, 0.25) is 0 Å². The summed E-state index contributed by atoms with van der Waals surface area (Å²) in [6, 6.07) is 8.72. The van der Waals surface area contributed by atoms with E-state index in [-0.39, 0.29) is 11.9 Å². The summed E-state index contributed by atoms with van der Waals surface area (Å²) in [6.45, 7) is 6.34. The SMILES string of the molecule is CCCc1ccc(-c2nc(N)oc2C(C)C)cc1. The molecule has 0 aliphatic carbocycles. The lowest BCUT2D eigenvalue weighted by Crippen LogP contribution is -1.90. The van der Waals surface area contributed by atoms with Crippen LogP contribution in [0.25, 0.3) is 11.3 Å². The van der Waals surface area contributed by atoms with Gasteiger partial charge in [-0.3, -0.25) is 0 Å². The molecule has 0 saturated heterocycles. The Labute approximate surface area is 108 Å². The topological polar surface area (TPSA) is 52.0 Å². The largest absolute Gasteiger partial charge is 0.428 e. The summed E-state index contributed by atoms with van der Waals surface area (Å²) in [5, 5.41) is 0. The first-order chi connectivity index (χ1) is 8.61. The number of aryl methyl sites for hydroxylation is 1. The highest BCUT2D eigenvalue weighted by Gasteiger charge is 2.16. The quantitative estimate of drug-likeness (QED) is 0.884. The molecule has 3 heteroatoms.